The van der Waals surface area contributed by atoms with Gasteiger partial charge in [0.15, 0.2) is 0 Å². The van der Waals surface area contributed by atoms with Gasteiger partial charge in [0.05, 0.1) is 0 Å². The Hall–Kier alpha value is -1.39. The van der Waals surface area contributed by atoms with Gasteiger partial charge in [0, 0.05) is 5.92 Å². The van der Waals surface area contributed by atoms with Gasteiger partial charge in [0.1, 0.15) is 6.33 Å². The van der Waals surface area contributed by atoms with E-state index in [4.69, 9.17) is 5.73 Å². The third kappa shape index (κ3) is 2.84. The van der Waals surface area contributed by atoms with Crippen LogP contribution in [0.1, 0.15) is 50.2 Å². The van der Waals surface area contributed by atoms with Crippen LogP contribution >= 0.6 is 0 Å². The van der Waals surface area contributed by atoms with Crippen molar-refractivity contribution in [1.29, 1.82) is 0 Å². The highest BCUT2D eigenvalue weighted by Crippen LogP contribution is 2.32. The Morgan fingerprint density at radius 2 is 2.18 bits per heavy atom. The normalized spacial score (nSPS) is 24.8. The Bertz CT molecular complexity index is 380. The highest BCUT2D eigenvalue weighted by molar-refractivity contribution is 5.80. The minimum atomic E-state index is 0.0455. The fraction of sp³-hybridized carbons (Fsp3) is 0.750. The van der Waals surface area contributed by atoms with Crippen molar-refractivity contribution < 1.29 is 4.79 Å². The van der Waals surface area contributed by atoms with E-state index < -0.39 is 0 Å². The van der Waals surface area contributed by atoms with Crippen molar-refractivity contribution in [3.05, 3.63) is 6.33 Å². The minimum absolute atomic E-state index is 0.0455. The summed E-state index contributed by atoms with van der Waals surface area (Å²) in [5.41, 5.74) is 5.41. The first-order valence-electron chi connectivity index (χ1n) is 6.42. The van der Waals surface area contributed by atoms with Crippen LogP contribution in [0.2, 0.25) is 0 Å². The molecule has 1 aliphatic carbocycles. The van der Waals surface area contributed by atoms with Gasteiger partial charge in [0.2, 0.25) is 5.95 Å². The van der Waals surface area contributed by atoms with Gasteiger partial charge in [-0.15, -0.1) is 5.10 Å². The van der Waals surface area contributed by atoms with Crippen LogP contribution in [0.4, 0.5) is 5.95 Å². The molecule has 1 aromatic rings. The van der Waals surface area contributed by atoms with E-state index in [-0.39, 0.29) is 17.8 Å². The van der Waals surface area contributed by atoms with Crippen LogP contribution in [0.25, 0.3) is 0 Å². The van der Waals surface area contributed by atoms with Gasteiger partial charge in [-0.1, -0.05) is 19.8 Å². The number of nitrogen functional groups attached to an aromatic ring is 1. The van der Waals surface area contributed by atoms with E-state index >= 15 is 0 Å². The van der Waals surface area contributed by atoms with Gasteiger partial charge in [0.25, 0.3) is 5.91 Å². The molecule has 0 atom stereocenters. The molecule has 1 aromatic heterocycles. The molecule has 0 amide bonds. The standard InChI is InChI=1S/C12H20N4O/c1-2-3-9-4-6-10(7-5-9)11(17)16-8-14-12(13)15-16/h8-10H,2-7H2,1H3,(H2,13,15). The van der Waals surface area contributed by atoms with Gasteiger partial charge >= 0.3 is 0 Å². The number of carbonyl (C=O) groups excluding carboxylic acids is 1. The van der Waals surface area contributed by atoms with Gasteiger partial charge in [-0.05, 0) is 31.6 Å². The molecule has 1 fully saturated rings. The number of rotatable bonds is 3. The van der Waals surface area contributed by atoms with E-state index in [0.717, 1.165) is 31.6 Å². The summed E-state index contributed by atoms with van der Waals surface area (Å²) in [6.45, 7) is 2.22. The average Bonchev–Trinajstić information content (AvgIpc) is 2.76. The highest BCUT2D eigenvalue weighted by atomic mass is 16.2. The summed E-state index contributed by atoms with van der Waals surface area (Å²) < 4.78 is 1.29. The minimum Gasteiger partial charge on any atom is -0.366 e. The molecule has 5 heteroatoms. The predicted octanol–water partition coefficient (Wildman–Crippen LogP) is 2.11. The molecule has 2 N–H and O–H groups in total. The zero-order valence-electron chi connectivity index (χ0n) is 10.3. The number of hydrogen-bond acceptors (Lipinski definition) is 4. The topological polar surface area (TPSA) is 73.8 Å². The summed E-state index contributed by atoms with van der Waals surface area (Å²) in [6.07, 6.45) is 8.21. The van der Waals surface area contributed by atoms with Crippen LogP contribution in [0.5, 0.6) is 0 Å². The summed E-state index contributed by atoms with van der Waals surface area (Å²) in [5, 5.41) is 3.87. The molecular formula is C12H20N4O. The average molecular weight is 236 g/mol. The number of aromatic nitrogens is 3. The summed E-state index contributed by atoms with van der Waals surface area (Å²) in [6, 6.07) is 0. The molecule has 0 aromatic carbocycles. The number of anilines is 1. The third-order valence-corrected chi connectivity index (χ3v) is 3.63. The molecule has 0 spiro atoms. The number of nitrogens with zero attached hydrogens (tertiary/aromatic N) is 3. The molecule has 2 rings (SSSR count). The second-order valence-corrected chi connectivity index (χ2v) is 4.89. The van der Waals surface area contributed by atoms with Gasteiger partial charge in [-0.3, -0.25) is 4.79 Å². The van der Waals surface area contributed by atoms with Crippen LogP contribution < -0.4 is 5.73 Å². The second-order valence-electron chi connectivity index (χ2n) is 4.89. The fourth-order valence-electron chi connectivity index (χ4n) is 2.68. The lowest BCUT2D eigenvalue weighted by Crippen LogP contribution is -2.26. The number of carbonyl (C=O) groups is 1. The van der Waals surface area contributed by atoms with E-state index in [1.54, 1.807) is 0 Å². The number of hydrogen-bond donors (Lipinski definition) is 1. The smallest absolute Gasteiger partial charge is 0.251 e. The lowest BCUT2D eigenvalue weighted by molar-refractivity contribution is 0.0764. The molecule has 1 aliphatic rings. The zero-order valence-corrected chi connectivity index (χ0v) is 10.3. The van der Waals surface area contributed by atoms with E-state index in [0.29, 0.717) is 0 Å². The molecule has 1 saturated carbocycles. The molecule has 94 valence electrons. The number of nitrogens with two attached hydrogens (primary N) is 1. The second kappa shape index (κ2) is 5.29. The van der Waals surface area contributed by atoms with Crippen LogP contribution in [0.3, 0.4) is 0 Å². The molecule has 0 saturated heterocycles. The first-order valence-corrected chi connectivity index (χ1v) is 6.42. The molecule has 0 radical (unpaired) electrons. The van der Waals surface area contributed by atoms with Crippen molar-refractivity contribution in [3.63, 3.8) is 0 Å². The highest BCUT2D eigenvalue weighted by Gasteiger charge is 2.27. The summed E-state index contributed by atoms with van der Waals surface area (Å²) >= 11 is 0. The molecule has 5 nitrogen and oxygen atoms in total. The monoisotopic (exact) mass is 236 g/mol. The quantitative estimate of drug-likeness (QED) is 0.872. The van der Waals surface area contributed by atoms with Crippen molar-refractivity contribution in [2.75, 3.05) is 5.73 Å². The Morgan fingerprint density at radius 1 is 1.47 bits per heavy atom. The summed E-state index contributed by atoms with van der Waals surface area (Å²) in [5.74, 6) is 1.12. The van der Waals surface area contributed by atoms with Gasteiger partial charge in [-0.25, -0.2) is 4.98 Å². The van der Waals surface area contributed by atoms with E-state index in [2.05, 4.69) is 17.0 Å². The maximum absolute atomic E-state index is 12.1. The predicted molar refractivity (Wildman–Crippen MR) is 65.4 cm³/mol. The summed E-state index contributed by atoms with van der Waals surface area (Å²) in [7, 11) is 0. The zero-order chi connectivity index (χ0) is 12.3. The lowest BCUT2D eigenvalue weighted by Gasteiger charge is -2.26. The van der Waals surface area contributed by atoms with Crippen LogP contribution in [0.15, 0.2) is 6.33 Å². The Labute approximate surface area is 101 Å². The van der Waals surface area contributed by atoms with Crippen molar-refractivity contribution in [2.24, 2.45) is 11.8 Å². The van der Waals surface area contributed by atoms with E-state index in [9.17, 15) is 4.79 Å². The largest absolute Gasteiger partial charge is 0.366 e. The van der Waals surface area contributed by atoms with Crippen molar-refractivity contribution in [1.82, 2.24) is 14.8 Å². The molecule has 0 unspecified atom stereocenters. The summed E-state index contributed by atoms with van der Waals surface area (Å²) in [4.78, 5) is 15.9. The maximum atomic E-state index is 12.1. The Kier molecular flexibility index (Phi) is 3.76. The van der Waals surface area contributed by atoms with Gasteiger partial charge < -0.3 is 5.73 Å². The first-order chi connectivity index (χ1) is 8.20. The van der Waals surface area contributed by atoms with Gasteiger partial charge in [-0.2, -0.15) is 4.68 Å². The fourth-order valence-corrected chi connectivity index (χ4v) is 2.68. The van der Waals surface area contributed by atoms with E-state index in [1.807, 2.05) is 0 Å². The molecule has 0 aliphatic heterocycles. The van der Waals surface area contributed by atoms with Crippen molar-refractivity contribution in [3.8, 4) is 0 Å². The lowest BCUT2D eigenvalue weighted by atomic mass is 9.80. The molecule has 0 bridgehead atoms. The van der Waals surface area contributed by atoms with Crippen LogP contribution in [-0.2, 0) is 0 Å². The first kappa shape index (κ1) is 12.1. The third-order valence-electron chi connectivity index (χ3n) is 3.63. The van der Waals surface area contributed by atoms with Crippen molar-refractivity contribution >= 4 is 11.9 Å². The molecular weight excluding hydrogens is 216 g/mol. The maximum Gasteiger partial charge on any atom is 0.251 e. The Balaban J connectivity index is 1.90. The van der Waals surface area contributed by atoms with E-state index in [1.165, 1.54) is 23.9 Å². The van der Waals surface area contributed by atoms with Crippen LogP contribution in [-0.4, -0.2) is 20.7 Å². The Morgan fingerprint density at radius 3 is 2.71 bits per heavy atom. The molecule has 17 heavy (non-hydrogen) atoms. The van der Waals surface area contributed by atoms with Crippen molar-refractivity contribution in [2.45, 2.75) is 45.4 Å². The SMILES string of the molecule is CCCC1CCC(C(=O)n2cnc(N)n2)CC1. The molecule has 1 heterocycles. The van der Waals surface area contributed by atoms with Crippen LogP contribution in [0, 0.1) is 11.8 Å².